The summed E-state index contributed by atoms with van der Waals surface area (Å²) >= 11 is 2.84. The number of carboxylic acids is 1. The maximum Gasteiger partial charge on any atom is 0.352 e. The highest BCUT2D eigenvalue weighted by molar-refractivity contribution is 8.01. The van der Waals surface area contributed by atoms with Crippen LogP contribution in [0.3, 0.4) is 0 Å². The molecule has 2 atom stereocenters. The lowest BCUT2D eigenvalue weighted by molar-refractivity contribution is -0.147. The molecule has 2 aliphatic rings. The molecule has 2 aliphatic heterocycles. The summed E-state index contributed by atoms with van der Waals surface area (Å²) in [4.78, 5) is 25.1. The number of hydrogen-bond acceptors (Lipinski definition) is 10. The number of rotatable bonds is 15. The van der Waals surface area contributed by atoms with Gasteiger partial charge in [0.25, 0.3) is 0 Å². The molecule has 1 unspecified atom stereocenters. The van der Waals surface area contributed by atoms with Gasteiger partial charge in [-0.15, -0.1) is 16.9 Å². The highest BCUT2D eigenvalue weighted by Gasteiger charge is 2.51. The summed E-state index contributed by atoms with van der Waals surface area (Å²) in [6.45, 7) is 0.671. The molecule has 0 aromatic carbocycles. The molecule has 12 nitrogen and oxygen atoms in total. The fraction of sp³-hybridized carbons (Fsp3) is 0.737. The Labute approximate surface area is 207 Å². The lowest BCUT2D eigenvalue weighted by Gasteiger charge is -2.48. The molecule has 5 N–H and O–H groups in total. The summed E-state index contributed by atoms with van der Waals surface area (Å²) in [5.74, 6) is -0.541. The molecular weight excluding hydrogens is 502 g/mol. The number of β-lactam (4-membered cyclic amide) rings is 1. The number of primary sulfonamides is 1. The smallest absolute Gasteiger partial charge is 0.352 e. The number of carbonyl (C=O) groups excluding carboxylic acids is 1. The van der Waals surface area contributed by atoms with Crippen molar-refractivity contribution in [3.63, 3.8) is 0 Å². The Bertz CT molecular complexity index is 1010. The van der Waals surface area contributed by atoms with Crippen LogP contribution in [0, 0.1) is 0 Å². The van der Waals surface area contributed by atoms with Crippen LogP contribution in [-0.2, 0) is 26.2 Å². The van der Waals surface area contributed by atoms with E-state index in [0.717, 1.165) is 44.9 Å². The summed E-state index contributed by atoms with van der Waals surface area (Å²) in [6.07, 6.45) is 7.70. The lowest BCUT2D eigenvalue weighted by atomic mass is 10.0. The van der Waals surface area contributed by atoms with E-state index in [-0.39, 0.29) is 22.7 Å². The lowest BCUT2D eigenvalue weighted by Crippen LogP contribution is -2.68. The average Bonchev–Trinajstić information content (AvgIpc) is 3.24. The number of carboxylic acid groups (broad SMARTS) is 1. The number of nitrogens with two attached hydrogens (primary N) is 2. The topological polar surface area (TPSA) is 187 Å². The zero-order chi connectivity index (χ0) is 24.7. The number of unbranched alkanes of at least 4 members (excludes halogenated alkanes) is 7. The second kappa shape index (κ2) is 12.3. The molecule has 0 aliphatic carbocycles. The van der Waals surface area contributed by atoms with Gasteiger partial charge in [0.05, 0.1) is 5.75 Å². The van der Waals surface area contributed by atoms with Gasteiger partial charge in [0, 0.05) is 18.1 Å². The van der Waals surface area contributed by atoms with Crippen LogP contribution >= 0.6 is 23.5 Å². The van der Waals surface area contributed by atoms with Gasteiger partial charge in [-0.3, -0.25) is 9.69 Å². The molecular formula is C19H31N7O5S3. The first kappa shape index (κ1) is 26.9. The fourth-order valence-electron chi connectivity index (χ4n) is 3.91. The minimum Gasteiger partial charge on any atom is -0.477 e. The highest BCUT2D eigenvalue weighted by atomic mass is 32.2. The van der Waals surface area contributed by atoms with Gasteiger partial charge in [-0.05, 0) is 28.8 Å². The molecule has 1 aromatic rings. The summed E-state index contributed by atoms with van der Waals surface area (Å²) in [6, 6.07) is -0.643. The van der Waals surface area contributed by atoms with Gasteiger partial charge in [-0.25, -0.2) is 23.0 Å². The van der Waals surface area contributed by atoms with E-state index in [2.05, 4.69) is 15.5 Å². The van der Waals surface area contributed by atoms with E-state index in [1.54, 1.807) is 4.68 Å². The molecule has 34 heavy (non-hydrogen) atoms. The van der Waals surface area contributed by atoms with Crippen LogP contribution in [0.5, 0.6) is 0 Å². The number of thioether (sulfide) groups is 2. The van der Waals surface area contributed by atoms with Gasteiger partial charge in [0.15, 0.2) is 0 Å². The van der Waals surface area contributed by atoms with Crippen LogP contribution in [0.4, 0.5) is 0 Å². The minimum atomic E-state index is -3.35. The van der Waals surface area contributed by atoms with E-state index < -0.39 is 22.0 Å². The van der Waals surface area contributed by atoms with Crippen molar-refractivity contribution in [3.05, 3.63) is 11.3 Å². The average molecular weight is 534 g/mol. The van der Waals surface area contributed by atoms with E-state index in [4.69, 9.17) is 10.9 Å². The van der Waals surface area contributed by atoms with Crippen molar-refractivity contribution in [2.75, 3.05) is 17.3 Å². The van der Waals surface area contributed by atoms with E-state index in [9.17, 15) is 23.1 Å². The van der Waals surface area contributed by atoms with E-state index in [1.165, 1.54) is 28.4 Å². The van der Waals surface area contributed by atoms with Gasteiger partial charge in [0.2, 0.25) is 21.1 Å². The predicted octanol–water partition coefficient (Wildman–Crippen LogP) is 0.756. The van der Waals surface area contributed by atoms with Crippen molar-refractivity contribution in [1.29, 1.82) is 0 Å². The zero-order valence-corrected chi connectivity index (χ0v) is 21.3. The normalized spacial score (nSPS) is 20.4. The molecule has 1 saturated heterocycles. The van der Waals surface area contributed by atoms with Crippen molar-refractivity contribution in [3.8, 4) is 0 Å². The minimum absolute atomic E-state index is 0.0339. The van der Waals surface area contributed by atoms with Crippen molar-refractivity contribution >= 4 is 45.4 Å². The van der Waals surface area contributed by atoms with Gasteiger partial charge in [-0.1, -0.05) is 50.3 Å². The van der Waals surface area contributed by atoms with E-state index >= 15 is 0 Å². The molecule has 190 valence electrons. The summed E-state index contributed by atoms with van der Waals surface area (Å²) < 4.78 is 23.5. The second-order valence-electron chi connectivity index (χ2n) is 8.36. The molecule has 0 radical (unpaired) electrons. The Hall–Kier alpha value is -1.68. The number of sulfonamides is 1. The third-order valence-corrected chi connectivity index (χ3v) is 8.98. The summed E-state index contributed by atoms with van der Waals surface area (Å²) in [7, 11) is -3.35. The van der Waals surface area contributed by atoms with Crippen LogP contribution in [0.1, 0.15) is 51.4 Å². The van der Waals surface area contributed by atoms with Crippen molar-refractivity contribution in [2.45, 2.75) is 74.5 Å². The van der Waals surface area contributed by atoms with Crippen LogP contribution in [0.25, 0.3) is 0 Å². The molecule has 3 rings (SSSR count). The third-order valence-electron chi connectivity index (χ3n) is 5.71. The predicted molar refractivity (Wildman–Crippen MR) is 129 cm³/mol. The Morgan fingerprint density at radius 2 is 1.79 bits per heavy atom. The quantitative estimate of drug-likeness (QED) is 0.164. The number of carbonyl (C=O) groups is 2. The van der Waals surface area contributed by atoms with Gasteiger partial charge >= 0.3 is 5.97 Å². The van der Waals surface area contributed by atoms with Gasteiger partial charge < -0.3 is 10.8 Å². The monoisotopic (exact) mass is 533 g/mol. The van der Waals surface area contributed by atoms with Crippen LogP contribution < -0.4 is 10.9 Å². The number of aryl methyl sites for hydroxylation is 1. The summed E-state index contributed by atoms with van der Waals surface area (Å²) in [5, 5.41) is 26.8. The van der Waals surface area contributed by atoms with Crippen molar-refractivity contribution in [2.24, 2.45) is 10.9 Å². The van der Waals surface area contributed by atoms with Gasteiger partial charge in [-0.2, -0.15) is 0 Å². The molecule has 0 saturated carbocycles. The SMILES string of the molecule is NC1C(=O)N2C(C(=O)O)=C(CSc3nnnn3CCCCCCCCCCS(N)(=O)=O)CS[C@H]12. The molecule has 0 spiro atoms. The number of tetrazole rings is 1. The molecule has 1 aromatic heterocycles. The molecule has 1 fully saturated rings. The first-order chi connectivity index (χ1) is 16.2. The number of amides is 1. The highest BCUT2D eigenvalue weighted by Crippen LogP contribution is 2.40. The van der Waals surface area contributed by atoms with Crippen molar-refractivity contribution in [1.82, 2.24) is 25.1 Å². The Kier molecular flexibility index (Phi) is 9.76. The number of aromatic nitrogens is 4. The molecule has 3 heterocycles. The standard InChI is InChI=1S/C19H31N7O5S3/c20-14-16(27)26-15(18(28)29)13(11-32-17(14)26)12-33-19-22-23-24-25(19)9-7-5-3-1-2-4-6-8-10-34(21,30)31/h14,17H,1-12,20H2,(H,28,29)(H2,21,30,31)/t14?,17-/m1/s1. The van der Waals surface area contributed by atoms with Gasteiger partial charge in [0.1, 0.15) is 17.1 Å². The van der Waals surface area contributed by atoms with Crippen molar-refractivity contribution < 1.29 is 23.1 Å². The van der Waals surface area contributed by atoms with E-state index in [1.807, 2.05) is 0 Å². The third kappa shape index (κ3) is 7.16. The Morgan fingerprint density at radius 1 is 1.15 bits per heavy atom. The van der Waals surface area contributed by atoms with Crippen LogP contribution in [0.2, 0.25) is 0 Å². The number of nitrogens with zero attached hydrogens (tertiary/aromatic N) is 5. The first-order valence-electron chi connectivity index (χ1n) is 11.2. The van der Waals surface area contributed by atoms with Crippen LogP contribution in [-0.4, -0.2) is 79.2 Å². The van der Waals surface area contributed by atoms with Crippen LogP contribution in [0.15, 0.2) is 16.4 Å². The fourth-order valence-corrected chi connectivity index (χ4v) is 6.85. The zero-order valence-electron chi connectivity index (χ0n) is 18.8. The molecule has 1 amide bonds. The maximum absolute atomic E-state index is 12.1. The Balaban J connectivity index is 1.37. The second-order valence-corrected chi connectivity index (χ2v) is 12.1. The number of fused-ring (bicyclic) bond motifs is 1. The molecule has 15 heteroatoms. The largest absolute Gasteiger partial charge is 0.477 e. The number of hydrogen-bond donors (Lipinski definition) is 3. The molecule has 0 bridgehead atoms. The Morgan fingerprint density at radius 3 is 2.44 bits per heavy atom. The first-order valence-corrected chi connectivity index (χ1v) is 15.0. The maximum atomic E-state index is 12.1. The summed E-state index contributed by atoms with van der Waals surface area (Å²) in [5.41, 5.74) is 6.49. The van der Waals surface area contributed by atoms with E-state index in [0.29, 0.717) is 35.2 Å². The number of aliphatic carboxylic acids is 1.